The molecule has 30 heavy (non-hydrogen) atoms. The molecule has 0 radical (unpaired) electrons. The van der Waals surface area contributed by atoms with Crippen LogP contribution < -0.4 is 11.1 Å². The molecule has 2 aliphatic carbocycles. The zero-order valence-electron chi connectivity index (χ0n) is 18.6. The Balaban J connectivity index is 1.61. The highest BCUT2D eigenvalue weighted by molar-refractivity contribution is 9.10. The molecular weight excluding hydrogens is 439 g/mol. The molecule has 1 saturated carbocycles. The number of halogens is 2. The van der Waals surface area contributed by atoms with Crippen molar-refractivity contribution in [1.82, 2.24) is 0 Å². The normalized spacial score (nSPS) is 28.2. The van der Waals surface area contributed by atoms with E-state index < -0.39 is 0 Å². The summed E-state index contributed by atoms with van der Waals surface area (Å²) in [5.74, 6) is 0.890. The highest BCUT2D eigenvalue weighted by Crippen LogP contribution is 2.57. The van der Waals surface area contributed by atoms with Crippen molar-refractivity contribution in [2.75, 3.05) is 17.6 Å². The number of hydrogen-bond acceptors (Lipinski definition) is 2. The number of hydrogen-bond donors (Lipinski definition) is 2. The fourth-order valence-electron chi connectivity index (χ4n) is 6.23. The van der Waals surface area contributed by atoms with Crippen LogP contribution in [-0.4, -0.2) is 6.54 Å². The summed E-state index contributed by atoms with van der Waals surface area (Å²) in [5, 5.41) is 3.50. The average Bonchev–Trinajstić information content (AvgIpc) is 2.69. The molecule has 1 fully saturated rings. The molecule has 3 atom stereocenters. The van der Waals surface area contributed by atoms with Gasteiger partial charge in [0.1, 0.15) is 5.82 Å². The van der Waals surface area contributed by atoms with E-state index in [1.54, 1.807) is 17.2 Å². The Kier molecular flexibility index (Phi) is 5.67. The van der Waals surface area contributed by atoms with Crippen molar-refractivity contribution in [3.05, 3.63) is 57.3 Å². The maximum Gasteiger partial charge on any atom is 0.139 e. The number of rotatable bonds is 4. The summed E-state index contributed by atoms with van der Waals surface area (Å²) in [5.41, 5.74) is 12.3. The Bertz CT molecular complexity index is 956. The Morgan fingerprint density at radius 2 is 1.97 bits per heavy atom. The quantitative estimate of drug-likeness (QED) is 0.454. The van der Waals surface area contributed by atoms with Crippen LogP contribution in [0.15, 0.2) is 34.8 Å². The van der Waals surface area contributed by atoms with Crippen LogP contribution in [-0.2, 0) is 11.8 Å². The fourth-order valence-corrected chi connectivity index (χ4v) is 6.59. The second-order valence-electron chi connectivity index (χ2n) is 10.3. The number of benzene rings is 2. The summed E-state index contributed by atoms with van der Waals surface area (Å²) in [4.78, 5) is 0. The van der Waals surface area contributed by atoms with E-state index >= 15 is 0 Å². The topological polar surface area (TPSA) is 38.0 Å². The van der Waals surface area contributed by atoms with E-state index in [-0.39, 0.29) is 16.6 Å². The molecule has 0 amide bonds. The first-order valence-electron chi connectivity index (χ1n) is 11.3. The van der Waals surface area contributed by atoms with Gasteiger partial charge in [-0.2, -0.15) is 0 Å². The smallest absolute Gasteiger partial charge is 0.139 e. The van der Waals surface area contributed by atoms with Crippen LogP contribution in [0.1, 0.15) is 76.0 Å². The van der Waals surface area contributed by atoms with Gasteiger partial charge in [0.25, 0.3) is 0 Å². The predicted octanol–water partition coefficient (Wildman–Crippen LogP) is 7.42. The summed E-state index contributed by atoms with van der Waals surface area (Å²) in [6, 6.07) is 10.4. The molecule has 2 aromatic rings. The van der Waals surface area contributed by atoms with Crippen molar-refractivity contribution in [2.45, 2.75) is 71.1 Å². The predicted molar refractivity (Wildman–Crippen MR) is 129 cm³/mol. The number of anilines is 2. The van der Waals surface area contributed by atoms with E-state index in [1.807, 2.05) is 0 Å². The van der Waals surface area contributed by atoms with Gasteiger partial charge in [-0.15, -0.1) is 0 Å². The largest absolute Gasteiger partial charge is 0.397 e. The standard InChI is InChI=1S/C26H34BrFN2/c1-16(2)17-6-8-19-18(12-17)7-9-24-25(3,10-5-11-26(19,24)4)15-30-23-14-21(28)20(27)13-22(23)29/h6,8,12-14,16,24,30H,5,7,9-11,15,29H2,1-4H3/t24-,25+,26+/m0/s1. The first-order valence-corrected chi connectivity index (χ1v) is 12.0. The van der Waals surface area contributed by atoms with Gasteiger partial charge in [0.15, 0.2) is 0 Å². The first-order chi connectivity index (χ1) is 14.1. The first kappa shape index (κ1) is 21.7. The summed E-state index contributed by atoms with van der Waals surface area (Å²) in [7, 11) is 0. The van der Waals surface area contributed by atoms with Gasteiger partial charge in [-0.3, -0.25) is 0 Å². The molecule has 3 N–H and O–H groups in total. The lowest BCUT2D eigenvalue weighted by atomic mass is 9.49. The summed E-state index contributed by atoms with van der Waals surface area (Å²) in [6.45, 7) is 10.3. The van der Waals surface area contributed by atoms with Crippen LogP contribution in [0.4, 0.5) is 15.8 Å². The van der Waals surface area contributed by atoms with Crippen LogP contribution in [0.5, 0.6) is 0 Å². The molecule has 0 aromatic heterocycles. The van der Waals surface area contributed by atoms with Crippen molar-refractivity contribution in [3.63, 3.8) is 0 Å². The minimum Gasteiger partial charge on any atom is -0.397 e. The van der Waals surface area contributed by atoms with Crippen LogP contribution in [0.2, 0.25) is 0 Å². The number of fused-ring (bicyclic) bond motifs is 3. The highest BCUT2D eigenvalue weighted by atomic mass is 79.9. The lowest BCUT2D eigenvalue weighted by Gasteiger charge is -2.55. The van der Waals surface area contributed by atoms with Gasteiger partial charge in [-0.25, -0.2) is 4.39 Å². The van der Waals surface area contributed by atoms with Gasteiger partial charge in [0.2, 0.25) is 0 Å². The molecule has 0 bridgehead atoms. The van der Waals surface area contributed by atoms with Crippen molar-refractivity contribution < 1.29 is 4.39 Å². The molecule has 162 valence electrons. The Hall–Kier alpha value is -1.55. The molecule has 0 heterocycles. The van der Waals surface area contributed by atoms with E-state index in [4.69, 9.17) is 5.73 Å². The molecule has 4 heteroatoms. The third-order valence-corrected chi connectivity index (χ3v) is 8.55. The molecule has 0 aliphatic heterocycles. The van der Waals surface area contributed by atoms with Crippen LogP contribution >= 0.6 is 15.9 Å². The van der Waals surface area contributed by atoms with Gasteiger partial charge in [0.05, 0.1) is 15.8 Å². The molecule has 2 aliphatic rings. The Labute approximate surface area is 189 Å². The summed E-state index contributed by atoms with van der Waals surface area (Å²) >= 11 is 3.22. The van der Waals surface area contributed by atoms with E-state index in [2.05, 4.69) is 67.1 Å². The maximum atomic E-state index is 14.1. The van der Waals surface area contributed by atoms with Gasteiger partial charge in [-0.05, 0) is 87.0 Å². The zero-order chi connectivity index (χ0) is 21.7. The number of nitrogen functional groups attached to an aromatic ring is 1. The van der Waals surface area contributed by atoms with E-state index in [9.17, 15) is 4.39 Å². The minimum atomic E-state index is -0.280. The average molecular weight is 473 g/mol. The van der Waals surface area contributed by atoms with E-state index in [0.717, 1.165) is 13.0 Å². The van der Waals surface area contributed by atoms with E-state index in [0.29, 0.717) is 27.7 Å². The van der Waals surface area contributed by atoms with Crippen LogP contribution in [0.3, 0.4) is 0 Å². The monoisotopic (exact) mass is 472 g/mol. The van der Waals surface area contributed by atoms with Crippen LogP contribution in [0.25, 0.3) is 0 Å². The van der Waals surface area contributed by atoms with Gasteiger partial charge >= 0.3 is 0 Å². The molecule has 0 spiro atoms. The fraction of sp³-hybridized carbons (Fsp3) is 0.538. The SMILES string of the molecule is CC(C)c1ccc2c(c1)CC[C@H]1[C@@](C)(CNc3cc(F)c(Br)cc3N)CCC[C@]21C. The lowest BCUT2D eigenvalue weighted by Crippen LogP contribution is -2.51. The third kappa shape index (κ3) is 3.66. The Morgan fingerprint density at radius 3 is 2.70 bits per heavy atom. The van der Waals surface area contributed by atoms with Crippen molar-refractivity contribution in [3.8, 4) is 0 Å². The van der Waals surface area contributed by atoms with E-state index in [1.165, 1.54) is 37.3 Å². The number of nitrogens with two attached hydrogens (primary N) is 1. The summed E-state index contributed by atoms with van der Waals surface area (Å²) in [6.07, 6.45) is 6.03. The molecule has 0 unspecified atom stereocenters. The molecular formula is C26H34BrFN2. The Morgan fingerprint density at radius 1 is 1.20 bits per heavy atom. The van der Waals surface area contributed by atoms with Gasteiger partial charge in [-0.1, -0.05) is 52.3 Å². The van der Waals surface area contributed by atoms with Gasteiger partial charge < -0.3 is 11.1 Å². The molecule has 2 nitrogen and oxygen atoms in total. The highest BCUT2D eigenvalue weighted by Gasteiger charge is 2.51. The van der Waals surface area contributed by atoms with Crippen molar-refractivity contribution in [2.24, 2.45) is 11.3 Å². The summed E-state index contributed by atoms with van der Waals surface area (Å²) < 4.78 is 14.5. The van der Waals surface area contributed by atoms with Crippen LogP contribution in [0, 0.1) is 17.2 Å². The second kappa shape index (κ2) is 7.85. The number of aryl methyl sites for hydroxylation is 1. The lowest BCUT2D eigenvalue weighted by molar-refractivity contribution is 0.0359. The maximum absolute atomic E-state index is 14.1. The molecule has 4 rings (SSSR count). The number of nitrogens with one attached hydrogen (secondary N) is 1. The van der Waals surface area contributed by atoms with Crippen molar-refractivity contribution >= 4 is 27.3 Å². The van der Waals surface area contributed by atoms with Gasteiger partial charge in [0, 0.05) is 12.6 Å². The minimum absolute atomic E-state index is 0.150. The third-order valence-electron chi connectivity index (χ3n) is 7.94. The molecule has 0 saturated heterocycles. The molecule has 2 aromatic carbocycles. The zero-order valence-corrected chi connectivity index (χ0v) is 20.2. The second-order valence-corrected chi connectivity index (χ2v) is 11.1. The van der Waals surface area contributed by atoms with Crippen molar-refractivity contribution in [1.29, 1.82) is 0 Å².